The molecule has 0 radical (unpaired) electrons. The smallest absolute Gasteiger partial charge is 0.264 e. The topological polar surface area (TPSA) is 105 Å². The number of carbonyl (C=O) groups is 2. The minimum atomic E-state index is -0.714. The molecule has 3 N–H and O–H groups in total. The van der Waals surface area contributed by atoms with Crippen LogP contribution in [0, 0.1) is 30.6 Å². The molecule has 1 unspecified atom stereocenters. The molecular weight excluding hydrogens is 430 g/mol. The Kier molecular flexibility index (Phi) is 5.43. The fraction of sp³-hybridized carbons (Fsp3) is 0.615. The van der Waals surface area contributed by atoms with Crippen molar-refractivity contribution in [1.29, 1.82) is 0 Å². The molecule has 7 rings (SSSR count). The van der Waals surface area contributed by atoms with E-state index in [1.54, 1.807) is 6.92 Å². The van der Waals surface area contributed by atoms with Crippen molar-refractivity contribution in [2.75, 3.05) is 18.4 Å². The number of fused-ring (bicyclic) bond motifs is 1. The second-order valence-electron chi connectivity index (χ2n) is 10.8. The summed E-state index contributed by atoms with van der Waals surface area (Å²) in [5.41, 5.74) is 1.11. The van der Waals surface area contributed by atoms with Crippen LogP contribution in [0.25, 0.3) is 10.9 Å². The van der Waals surface area contributed by atoms with Crippen molar-refractivity contribution in [2.45, 2.75) is 64.0 Å². The van der Waals surface area contributed by atoms with E-state index in [1.165, 1.54) is 36.7 Å². The standard InChI is InChI=1S/C26H33N5O3/c1-14-29-20-4-2-3-19(23(20)26(34)31(14)21-5-6-22(32)30-25(21)33)27-7-8-28-24-17-10-15-9-16(12-17)13-18(24)11-15/h2-4,15-18,21,24,27-28H,5-13H2,1H3,(H,30,32,33)/t15-,16+,17-,18+,21?,24?. The lowest BCUT2D eigenvalue weighted by Gasteiger charge is -2.54. The van der Waals surface area contributed by atoms with Crippen LogP contribution in [-0.4, -0.2) is 40.5 Å². The minimum absolute atomic E-state index is 0.219. The van der Waals surface area contributed by atoms with Gasteiger partial charge in [0.25, 0.3) is 5.56 Å². The average Bonchev–Trinajstić information content (AvgIpc) is 2.79. The van der Waals surface area contributed by atoms with Crippen LogP contribution < -0.4 is 21.5 Å². The molecule has 2 amide bonds. The molecule has 1 aromatic heterocycles. The summed E-state index contributed by atoms with van der Waals surface area (Å²) in [7, 11) is 0. The highest BCUT2D eigenvalue weighted by Gasteiger charge is 2.47. The van der Waals surface area contributed by atoms with E-state index in [1.807, 2.05) is 18.2 Å². The van der Waals surface area contributed by atoms with Gasteiger partial charge in [-0.2, -0.15) is 0 Å². The zero-order valence-electron chi connectivity index (χ0n) is 19.7. The number of nitrogens with one attached hydrogen (secondary N) is 3. The molecule has 4 saturated carbocycles. The normalized spacial score (nSPS) is 32.3. The molecule has 5 fully saturated rings. The van der Waals surface area contributed by atoms with Gasteiger partial charge in [-0.15, -0.1) is 0 Å². The molecule has 1 aliphatic heterocycles. The van der Waals surface area contributed by atoms with Crippen molar-refractivity contribution in [2.24, 2.45) is 23.7 Å². The van der Waals surface area contributed by atoms with Gasteiger partial charge in [0.05, 0.1) is 10.9 Å². The molecule has 34 heavy (non-hydrogen) atoms. The third kappa shape index (κ3) is 3.72. The lowest BCUT2D eigenvalue weighted by molar-refractivity contribution is -0.135. The van der Waals surface area contributed by atoms with Gasteiger partial charge in [0.1, 0.15) is 11.9 Å². The second-order valence-corrected chi connectivity index (χ2v) is 10.8. The van der Waals surface area contributed by atoms with Gasteiger partial charge in [0.2, 0.25) is 11.8 Å². The SMILES string of the molecule is Cc1nc2cccc(NCCNC3[C@H]4C[C@@H]5C[C@@H](C[C@H]3C5)C4)c2c(=O)n1C1CCC(=O)NC1=O. The fourth-order valence-corrected chi connectivity index (χ4v) is 7.49. The van der Waals surface area contributed by atoms with Crippen molar-refractivity contribution in [3.8, 4) is 0 Å². The van der Waals surface area contributed by atoms with Crippen LogP contribution in [0.2, 0.25) is 0 Å². The number of hydrogen-bond acceptors (Lipinski definition) is 6. The number of aromatic nitrogens is 2. The monoisotopic (exact) mass is 463 g/mol. The van der Waals surface area contributed by atoms with Crippen molar-refractivity contribution in [1.82, 2.24) is 20.2 Å². The number of hydrogen-bond donors (Lipinski definition) is 3. The quantitative estimate of drug-likeness (QED) is 0.449. The summed E-state index contributed by atoms with van der Waals surface area (Å²) >= 11 is 0. The van der Waals surface area contributed by atoms with Gasteiger partial charge in [-0.25, -0.2) is 4.98 Å². The highest BCUT2D eigenvalue weighted by Crippen LogP contribution is 2.53. The van der Waals surface area contributed by atoms with E-state index in [0.717, 1.165) is 35.9 Å². The Bertz CT molecular complexity index is 1180. The van der Waals surface area contributed by atoms with Gasteiger partial charge >= 0.3 is 0 Å². The van der Waals surface area contributed by atoms with Crippen LogP contribution in [0.3, 0.4) is 0 Å². The molecule has 4 aliphatic carbocycles. The van der Waals surface area contributed by atoms with Crippen LogP contribution in [0.15, 0.2) is 23.0 Å². The lowest BCUT2D eigenvalue weighted by Crippen LogP contribution is -2.55. The number of nitrogens with zero attached hydrogens (tertiary/aromatic N) is 2. The first-order valence-electron chi connectivity index (χ1n) is 12.8. The Morgan fingerprint density at radius 3 is 2.47 bits per heavy atom. The number of benzene rings is 1. The van der Waals surface area contributed by atoms with Crippen LogP contribution in [-0.2, 0) is 9.59 Å². The second kappa shape index (κ2) is 8.48. The van der Waals surface area contributed by atoms with Crippen LogP contribution in [0.5, 0.6) is 0 Å². The molecule has 0 spiro atoms. The lowest BCUT2D eigenvalue weighted by atomic mass is 9.54. The van der Waals surface area contributed by atoms with Crippen molar-refractivity contribution in [3.05, 3.63) is 34.4 Å². The summed E-state index contributed by atoms with van der Waals surface area (Å²) in [6.07, 6.45) is 7.57. The Balaban J connectivity index is 1.19. The molecule has 5 aliphatic rings. The number of piperidine rings is 1. The largest absolute Gasteiger partial charge is 0.383 e. The van der Waals surface area contributed by atoms with E-state index in [4.69, 9.17) is 0 Å². The van der Waals surface area contributed by atoms with Gasteiger partial charge in [-0.05, 0) is 81.3 Å². The van der Waals surface area contributed by atoms with Gasteiger partial charge in [0, 0.05) is 31.2 Å². The van der Waals surface area contributed by atoms with Gasteiger partial charge in [-0.1, -0.05) is 6.07 Å². The third-order valence-electron chi connectivity index (χ3n) is 8.68. The van der Waals surface area contributed by atoms with E-state index >= 15 is 0 Å². The first kappa shape index (κ1) is 21.8. The molecular formula is C26H33N5O3. The average molecular weight is 464 g/mol. The first-order valence-corrected chi connectivity index (χ1v) is 12.8. The van der Waals surface area contributed by atoms with E-state index in [2.05, 4.69) is 20.9 Å². The summed E-state index contributed by atoms with van der Waals surface area (Å²) < 4.78 is 1.45. The van der Waals surface area contributed by atoms with E-state index in [-0.39, 0.29) is 17.9 Å². The number of imide groups is 1. The maximum atomic E-state index is 13.5. The summed E-state index contributed by atoms with van der Waals surface area (Å²) in [6.45, 7) is 3.30. The Morgan fingerprint density at radius 1 is 1.03 bits per heavy atom. The first-order chi connectivity index (χ1) is 16.5. The molecule has 8 heteroatoms. The van der Waals surface area contributed by atoms with E-state index in [0.29, 0.717) is 35.7 Å². The zero-order chi connectivity index (χ0) is 23.4. The Labute approximate surface area is 198 Å². The number of carbonyl (C=O) groups excluding carboxylic acids is 2. The van der Waals surface area contributed by atoms with Crippen molar-refractivity contribution < 1.29 is 9.59 Å². The summed E-state index contributed by atoms with van der Waals surface area (Å²) in [5.74, 6) is 3.35. The number of rotatable bonds is 6. The number of anilines is 1. The molecule has 180 valence electrons. The highest BCUT2D eigenvalue weighted by atomic mass is 16.2. The van der Waals surface area contributed by atoms with Crippen LogP contribution in [0.1, 0.15) is 56.8 Å². The Hall–Kier alpha value is -2.74. The summed E-state index contributed by atoms with van der Waals surface area (Å²) in [5, 5.41) is 10.1. The highest BCUT2D eigenvalue weighted by molar-refractivity contribution is 5.99. The minimum Gasteiger partial charge on any atom is -0.383 e. The maximum absolute atomic E-state index is 13.5. The van der Waals surface area contributed by atoms with Gasteiger partial charge < -0.3 is 10.6 Å². The summed E-state index contributed by atoms with van der Waals surface area (Å²) in [4.78, 5) is 42.2. The zero-order valence-corrected chi connectivity index (χ0v) is 19.7. The molecule has 8 nitrogen and oxygen atoms in total. The third-order valence-corrected chi connectivity index (χ3v) is 8.68. The van der Waals surface area contributed by atoms with Crippen LogP contribution in [0.4, 0.5) is 5.69 Å². The predicted octanol–water partition coefficient (Wildman–Crippen LogP) is 2.51. The molecule has 4 bridgehead atoms. The predicted molar refractivity (Wildman–Crippen MR) is 129 cm³/mol. The van der Waals surface area contributed by atoms with Crippen molar-refractivity contribution >= 4 is 28.4 Å². The van der Waals surface area contributed by atoms with E-state index < -0.39 is 11.9 Å². The fourth-order valence-electron chi connectivity index (χ4n) is 7.49. The molecule has 1 aromatic carbocycles. The van der Waals surface area contributed by atoms with Gasteiger partial charge in [-0.3, -0.25) is 24.3 Å². The maximum Gasteiger partial charge on any atom is 0.264 e. The number of aryl methyl sites for hydroxylation is 1. The molecule has 2 heterocycles. The summed E-state index contributed by atoms with van der Waals surface area (Å²) in [6, 6.07) is 5.55. The molecule has 1 saturated heterocycles. The van der Waals surface area contributed by atoms with Crippen molar-refractivity contribution in [3.63, 3.8) is 0 Å². The van der Waals surface area contributed by atoms with Gasteiger partial charge in [0.15, 0.2) is 0 Å². The number of amides is 2. The molecule has 1 atom stereocenters. The van der Waals surface area contributed by atoms with E-state index in [9.17, 15) is 14.4 Å². The Morgan fingerprint density at radius 2 is 1.76 bits per heavy atom. The molecule has 2 aromatic rings. The van der Waals surface area contributed by atoms with Crippen LogP contribution >= 0.6 is 0 Å².